The van der Waals surface area contributed by atoms with Crippen LogP contribution in [-0.2, 0) is 20.9 Å². The molecule has 0 amide bonds. The first-order valence-corrected chi connectivity index (χ1v) is 15.1. The minimum atomic E-state index is -0.728. The van der Waals surface area contributed by atoms with Crippen molar-refractivity contribution in [3.63, 3.8) is 0 Å². The average Bonchev–Trinajstić information content (AvgIpc) is 3.00. The van der Waals surface area contributed by atoms with Crippen molar-refractivity contribution in [3.05, 3.63) is 31.5 Å². The third kappa shape index (κ3) is 7.25. The number of nitrogens with zero attached hydrogens (tertiary/aromatic N) is 6. The number of hydrogen-bond donors (Lipinski definition) is 0. The zero-order valence-electron chi connectivity index (χ0n) is 23.6. The Kier molecular flexibility index (Phi) is 11.1. The zero-order chi connectivity index (χ0) is 29.2. The molecular weight excluding hydrogens is 528 g/mol. The van der Waals surface area contributed by atoms with Gasteiger partial charge in [-0.3, -0.25) is 0 Å². The van der Waals surface area contributed by atoms with Gasteiger partial charge in [0, 0.05) is 6.54 Å². The van der Waals surface area contributed by atoms with E-state index in [1.807, 2.05) is 0 Å². The Morgan fingerprint density at radius 1 is 0.610 bits per heavy atom. The zero-order valence-corrected chi connectivity index (χ0v) is 23.6. The molecule has 3 saturated carbocycles. The summed E-state index contributed by atoms with van der Waals surface area (Å²) in [6, 6.07) is -1.48. The molecule has 3 aliphatic carbocycles. The summed E-state index contributed by atoms with van der Waals surface area (Å²) in [4.78, 5) is 86.9. The van der Waals surface area contributed by atoms with E-state index < -0.39 is 29.2 Å². The molecule has 1 aromatic rings. The third-order valence-corrected chi connectivity index (χ3v) is 9.52. The van der Waals surface area contributed by atoms with Gasteiger partial charge in [-0.05, 0) is 69.1 Å². The lowest BCUT2D eigenvalue weighted by Gasteiger charge is -2.33. The Balaban J connectivity index is 1.87. The van der Waals surface area contributed by atoms with Gasteiger partial charge in [0.05, 0.1) is 31.2 Å². The molecule has 0 aromatic carbocycles. The van der Waals surface area contributed by atoms with Crippen LogP contribution in [0.3, 0.4) is 0 Å². The third-order valence-electron chi connectivity index (χ3n) is 9.52. The summed E-state index contributed by atoms with van der Waals surface area (Å²) >= 11 is 0. The van der Waals surface area contributed by atoms with Crippen LogP contribution in [0.25, 0.3) is 0 Å². The van der Waals surface area contributed by atoms with Crippen molar-refractivity contribution in [2.75, 3.05) is 13.1 Å². The van der Waals surface area contributed by atoms with Gasteiger partial charge in [-0.15, -0.1) is 0 Å². The summed E-state index contributed by atoms with van der Waals surface area (Å²) in [6.45, 7) is -0.0219. The SMILES string of the molecule is O=C=NCC(C1CCCCC1)n1c(=O)n(CC2CCC(N=C=O)CC2)c(=O)n(C(CN=C=O)C2CCCCC2)c1=O. The van der Waals surface area contributed by atoms with Crippen molar-refractivity contribution in [1.82, 2.24) is 13.7 Å². The molecule has 1 aromatic heterocycles. The summed E-state index contributed by atoms with van der Waals surface area (Å²) in [5, 5.41) is 0. The van der Waals surface area contributed by atoms with Gasteiger partial charge in [-0.25, -0.2) is 57.4 Å². The maximum Gasteiger partial charge on any atom is 0.336 e. The van der Waals surface area contributed by atoms with Crippen LogP contribution in [0.1, 0.15) is 102 Å². The summed E-state index contributed by atoms with van der Waals surface area (Å²) < 4.78 is 3.47. The Morgan fingerprint density at radius 2 is 1.07 bits per heavy atom. The van der Waals surface area contributed by atoms with Crippen LogP contribution < -0.4 is 17.1 Å². The van der Waals surface area contributed by atoms with Crippen LogP contribution in [-0.4, -0.2) is 51.1 Å². The van der Waals surface area contributed by atoms with Crippen molar-refractivity contribution in [2.24, 2.45) is 32.7 Å². The molecule has 2 atom stereocenters. The van der Waals surface area contributed by atoms with E-state index in [0.29, 0.717) is 25.7 Å². The molecule has 12 nitrogen and oxygen atoms in total. The summed E-state index contributed by atoms with van der Waals surface area (Å²) in [5.41, 5.74) is -2.11. The lowest BCUT2D eigenvalue weighted by Crippen LogP contribution is -2.59. The second-order valence-corrected chi connectivity index (χ2v) is 11.9. The molecule has 12 heteroatoms. The molecule has 1 heterocycles. The van der Waals surface area contributed by atoms with E-state index in [-0.39, 0.29) is 43.4 Å². The molecule has 0 radical (unpaired) electrons. The standard InChI is InChI=1S/C29H40N6O6/c36-18-30-15-25(22-7-3-1-4-8-22)34-27(39)33(17-21-11-13-24(14-12-21)32-20-38)28(40)35(29(34)41)26(16-31-19-37)23-9-5-2-6-10-23/h21-26H,1-17H2. The van der Waals surface area contributed by atoms with Gasteiger partial charge in [-0.2, -0.15) is 0 Å². The van der Waals surface area contributed by atoms with E-state index in [2.05, 4.69) is 15.0 Å². The van der Waals surface area contributed by atoms with Crippen molar-refractivity contribution < 1.29 is 14.4 Å². The number of aliphatic imine (C=N–C) groups is 3. The van der Waals surface area contributed by atoms with Crippen LogP contribution in [0.15, 0.2) is 29.4 Å². The maximum absolute atomic E-state index is 14.2. The largest absolute Gasteiger partial charge is 0.336 e. The van der Waals surface area contributed by atoms with Gasteiger partial charge in [0.25, 0.3) is 0 Å². The van der Waals surface area contributed by atoms with Crippen LogP contribution in [0.2, 0.25) is 0 Å². The summed E-state index contributed by atoms with van der Waals surface area (Å²) in [7, 11) is 0. The number of aromatic nitrogens is 3. The maximum atomic E-state index is 14.2. The van der Waals surface area contributed by atoms with Crippen molar-refractivity contribution in [1.29, 1.82) is 0 Å². The number of carbonyl (C=O) groups excluding carboxylic acids is 3. The quantitative estimate of drug-likeness (QED) is 0.295. The Hall–Kier alpha value is -3.45. The second kappa shape index (κ2) is 15.0. The Morgan fingerprint density at radius 3 is 1.49 bits per heavy atom. The predicted octanol–water partition coefficient (Wildman–Crippen LogP) is 2.98. The van der Waals surface area contributed by atoms with Gasteiger partial charge < -0.3 is 0 Å². The monoisotopic (exact) mass is 568 g/mol. The topological polar surface area (TPSA) is 154 Å². The van der Waals surface area contributed by atoms with Gasteiger partial charge >= 0.3 is 17.1 Å². The number of hydrogen-bond acceptors (Lipinski definition) is 9. The molecule has 0 N–H and O–H groups in total. The van der Waals surface area contributed by atoms with E-state index in [4.69, 9.17) is 0 Å². The van der Waals surface area contributed by atoms with Gasteiger partial charge in [0.1, 0.15) is 0 Å². The van der Waals surface area contributed by atoms with E-state index in [0.717, 1.165) is 77.9 Å². The van der Waals surface area contributed by atoms with E-state index >= 15 is 0 Å². The smallest absolute Gasteiger partial charge is 0.247 e. The molecule has 0 saturated heterocycles. The lowest BCUT2D eigenvalue weighted by atomic mass is 9.83. The summed E-state index contributed by atoms with van der Waals surface area (Å²) in [6.07, 6.45) is 16.4. The van der Waals surface area contributed by atoms with Crippen LogP contribution >= 0.6 is 0 Å². The van der Waals surface area contributed by atoms with Gasteiger partial charge in [0.2, 0.25) is 18.2 Å². The normalized spacial score (nSPS) is 23.4. The van der Waals surface area contributed by atoms with E-state index in [1.54, 1.807) is 18.2 Å². The molecule has 2 unspecified atom stereocenters. The van der Waals surface area contributed by atoms with Crippen molar-refractivity contribution in [3.8, 4) is 0 Å². The van der Waals surface area contributed by atoms with Crippen molar-refractivity contribution in [2.45, 2.75) is 115 Å². The Bertz CT molecular complexity index is 1280. The van der Waals surface area contributed by atoms with E-state index in [1.165, 1.54) is 0 Å². The molecule has 0 aliphatic heterocycles. The first-order chi connectivity index (χ1) is 20.0. The molecule has 4 rings (SSSR count). The second-order valence-electron chi connectivity index (χ2n) is 11.9. The van der Waals surface area contributed by atoms with Crippen LogP contribution in [0, 0.1) is 17.8 Å². The highest BCUT2D eigenvalue weighted by Gasteiger charge is 2.34. The number of isocyanates is 3. The molecule has 0 spiro atoms. The first kappa shape index (κ1) is 30.5. The Labute approximate surface area is 238 Å². The molecule has 0 bridgehead atoms. The fourth-order valence-electron chi connectivity index (χ4n) is 7.32. The summed E-state index contributed by atoms with van der Waals surface area (Å²) in [5.74, 6) is -0.119. The van der Waals surface area contributed by atoms with E-state index in [9.17, 15) is 28.8 Å². The highest BCUT2D eigenvalue weighted by molar-refractivity contribution is 5.33. The first-order valence-electron chi connectivity index (χ1n) is 15.1. The molecular formula is C29H40N6O6. The molecule has 3 aliphatic rings. The lowest BCUT2D eigenvalue weighted by molar-refractivity contribution is 0.200. The van der Waals surface area contributed by atoms with Crippen molar-refractivity contribution >= 4 is 18.2 Å². The molecule has 3 fully saturated rings. The fourth-order valence-corrected chi connectivity index (χ4v) is 7.32. The van der Waals surface area contributed by atoms with Crippen LogP contribution in [0.4, 0.5) is 0 Å². The average molecular weight is 569 g/mol. The minimum Gasteiger partial charge on any atom is -0.247 e. The van der Waals surface area contributed by atoms with Crippen LogP contribution in [0.5, 0.6) is 0 Å². The highest BCUT2D eigenvalue weighted by atomic mass is 16.2. The number of rotatable bonds is 11. The highest BCUT2D eigenvalue weighted by Crippen LogP contribution is 2.34. The van der Waals surface area contributed by atoms with Gasteiger partial charge in [-0.1, -0.05) is 38.5 Å². The van der Waals surface area contributed by atoms with Gasteiger partial charge in [0.15, 0.2) is 0 Å². The predicted molar refractivity (Wildman–Crippen MR) is 150 cm³/mol. The molecule has 41 heavy (non-hydrogen) atoms. The molecule has 222 valence electrons. The minimum absolute atomic E-state index is 0.0137. The fraction of sp³-hybridized carbons (Fsp3) is 0.793.